The fraction of sp³-hybridized carbons (Fsp3) is 0.267. The second kappa shape index (κ2) is 6.20. The Kier molecular flexibility index (Phi) is 4.36. The molecule has 2 rings (SSSR count). The van der Waals surface area contributed by atoms with Gasteiger partial charge in [-0.3, -0.25) is 9.69 Å². The summed E-state index contributed by atoms with van der Waals surface area (Å²) in [5.74, 6) is 0.844. The van der Waals surface area contributed by atoms with Gasteiger partial charge < -0.3 is 9.15 Å². The van der Waals surface area contributed by atoms with Gasteiger partial charge in [-0.15, -0.1) is 0 Å². The van der Waals surface area contributed by atoms with Crippen LogP contribution in [0.1, 0.15) is 15.9 Å². The molecular formula is C15H17NO3. The van der Waals surface area contributed by atoms with E-state index in [2.05, 4.69) is 0 Å². The largest absolute Gasteiger partial charge is 0.497 e. The van der Waals surface area contributed by atoms with E-state index in [4.69, 9.17) is 9.15 Å². The normalized spacial score (nSPS) is 10.7. The Morgan fingerprint density at radius 1 is 1.26 bits per heavy atom. The highest BCUT2D eigenvalue weighted by molar-refractivity contribution is 5.97. The molecule has 0 N–H and O–H groups in total. The maximum Gasteiger partial charge on any atom is 0.176 e. The summed E-state index contributed by atoms with van der Waals surface area (Å²) in [4.78, 5) is 14.0. The second-order valence-corrected chi connectivity index (χ2v) is 4.46. The zero-order valence-electron chi connectivity index (χ0n) is 11.1. The van der Waals surface area contributed by atoms with Gasteiger partial charge in [0.2, 0.25) is 0 Å². The topological polar surface area (TPSA) is 42.7 Å². The Hall–Kier alpha value is -2.07. The molecule has 0 atom stereocenters. The molecule has 4 heteroatoms. The van der Waals surface area contributed by atoms with Crippen LogP contribution in [0.5, 0.6) is 5.75 Å². The van der Waals surface area contributed by atoms with Gasteiger partial charge in [-0.1, -0.05) is 0 Å². The predicted molar refractivity (Wildman–Crippen MR) is 72.4 cm³/mol. The SMILES string of the molecule is COc1ccc(C(=O)CN(C)Cc2ccoc2)cc1. The van der Waals surface area contributed by atoms with Gasteiger partial charge in [-0.2, -0.15) is 0 Å². The van der Waals surface area contributed by atoms with E-state index in [0.717, 1.165) is 11.3 Å². The van der Waals surface area contributed by atoms with E-state index in [-0.39, 0.29) is 5.78 Å². The Bertz CT molecular complexity index is 517. The number of carbonyl (C=O) groups is 1. The van der Waals surface area contributed by atoms with E-state index in [1.807, 2.05) is 18.0 Å². The highest BCUT2D eigenvalue weighted by Gasteiger charge is 2.10. The molecule has 4 nitrogen and oxygen atoms in total. The zero-order valence-corrected chi connectivity index (χ0v) is 11.1. The number of carbonyl (C=O) groups excluding carboxylic acids is 1. The number of methoxy groups -OCH3 is 1. The molecule has 0 bridgehead atoms. The first-order chi connectivity index (χ1) is 9.19. The summed E-state index contributed by atoms with van der Waals surface area (Å²) in [5.41, 5.74) is 1.75. The molecule has 0 saturated carbocycles. The van der Waals surface area contributed by atoms with E-state index in [1.165, 1.54) is 0 Å². The summed E-state index contributed by atoms with van der Waals surface area (Å²) in [6, 6.07) is 9.06. The number of furan rings is 1. The van der Waals surface area contributed by atoms with Crippen molar-refractivity contribution in [3.8, 4) is 5.75 Å². The molecule has 0 unspecified atom stereocenters. The van der Waals surface area contributed by atoms with Gasteiger partial charge in [0.15, 0.2) is 5.78 Å². The molecule has 2 aromatic rings. The average Bonchev–Trinajstić information content (AvgIpc) is 2.91. The lowest BCUT2D eigenvalue weighted by Gasteiger charge is -2.14. The maximum atomic E-state index is 12.1. The first-order valence-electron chi connectivity index (χ1n) is 6.06. The summed E-state index contributed by atoms with van der Waals surface area (Å²) in [7, 11) is 3.52. The van der Waals surface area contributed by atoms with Crippen LogP contribution < -0.4 is 4.74 Å². The van der Waals surface area contributed by atoms with Crippen LogP contribution in [0.2, 0.25) is 0 Å². The Balaban J connectivity index is 1.92. The third kappa shape index (κ3) is 3.69. The lowest BCUT2D eigenvalue weighted by Crippen LogP contribution is -2.25. The lowest BCUT2D eigenvalue weighted by molar-refractivity contribution is 0.0943. The molecule has 0 spiro atoms. The fourth-order valence-electron chi connectivity index (χ4n) is 1.86. The number of likely N-dealkylation sites (N-methyl/N-ethyl adjacent to an activating group) is 1. The smallest absolute Gasteiger partial charge is 0.176 e. The third-order valence-corrected chi connectivity index (χ3v) is 2.86. The molecule has 100 valence electrons. The highest BCUT2D eigenvalue weighted by atomic mass is 16.5. The summed E-state index contributed by atoms with van der Waals surface area (Å²) in [5, 5.41) is 0. The van der Waals surface area contributed by atoms with Crippen molar-refractivity contribution in [2.45, 2.75) is 6.54 Å². The number of hydrogen-bond acceptors (Lipinski definition) is 4. The Morgan fingerprint density at radius 3 is 2.58 bits per heavy atom. The molecule has 0 aliphatic heterocycles. The van der Waals surface area contributed by atoms with Crippen LogP contribution in [-0.4, -0.2) is 31.4 Å². The third-order valence-electron chi connectivity index (χ3n) is 2.86. The summed E-state index contributed by atoms with van der Waals surface area (Å²) in [6.07, 6.45) is 3.32. The Labute approximate surface area is 112 Å². The van der Waals surface area contributed by atoms with Gasteiger partial charge in [0.1, 0.15) is 5.75 Å². The van der Waals surface area contributed by atoms with E-state index in [9.17, 15) is 4.79 Å². The standard InChI is InChI=1S/C15H17NO3/c1-16(9-12-7-8-19-11-12)10-15(17)13-3-5-14(18-2)6-4-13/h3-8,11H,9-10H2,1-2H3. The number of ketones is 1. The maximum absolute atomic E-state index is 12.1. The minimum absolute atomic E-state index is 0.0913. The van der Waals surface area contributed by atoms with Gasteiger partial charge in [0.05, 0.1) is 26.2 Å². The van der Waals surface area contributed by atoms with E-state index in [0.29, 0.717) is 18.7 Å². The van der Waals surface area contributed by atoms with E-state index in [1.54, 1.807) is 43.9 Å². The van der Waals surface area contributed by atoms with Crippen molar-refractivity contribution < 1.29 is 13.9 Å². The van der Waals surface area contributed by atoms with Crippen LogP contribution in [0.15, 0.2) is 47.3 Å². The van der Waals surface area contributed by atoms with Crippen LogP contribution in [0, 0.1) is 0 Å². The van der Waals surface area contributed by atoms with E-state index >= 15 is 0 Å². The van der Waals surface area contributed by atoms with Crippen molar-refractivity contribution in [1.29, 1.82) is 0 Å². The summed E-state index contributed by atoms with van der Waals surface area (Å²) in [6.45, 7) is 1.07. The molecule has 0 aliphatic rings. The zero-order chi connectivity index (χ0) is 13.7. The number of benzene rings is 1. The summed E-state index contributed by atoms with van der Waals surface area (Å²) < 4.78 is 10.1. The first kappa shape index (κ1) is 13.4. The van der Waals surface area contributed by atoms with Crippen molar-refractivity contribution in [3.05, 3.63) is 54.0 Å². The van der Waals surface area contributed by atoms with Crippen molar-refractivity contribution >= 4 is 5.78 Å². The predicted octanol–water partition coefficient (Wildman–Crippen LogP) is 2.60. The minimum Gasteiger partial charge on any atom is -0.497 e. The van der Waals surface area contributed by atoms with E-state index < -0.39 is 0 Å². The highest BCUT2D eigenvalue weighted by Crippen LogP contribution is 2.12. The molecule has 0 aliphatic carbocycles. The fourth-order valence-corrected chi connectivity index (χ4v) is 1.86. The van der Waals surface area contributed by atoms with Gasteiger partial charge in [0, 0.05) is 17.7 Å². The molecule has 19 heavy (non-hydrogen) atoms. The number of rotatable bonds is 6. The minimum atomic E-state index is 0.0913. The molecule has 0 fully saturated rings. The molecule has 0 amide bonds. The average molecular weight is 259 g/mol. The quantitative estimate of drug-likeness (QED) is 0.748. The number of ether oxygens (including phenoxy) is 1. The van der Waals surface area contributed by atoms with Crippen LogP contribution in [0.4, 0.5) is 0 Å². The molecule has 0 radical (unpaired) electrons. The molecule has 1 aromatic heterocycles. The lowest BCUT2D eigenvalue weighted by atomic mass is 10.1. The molecule has 0 saturated heterocycles. The van der Waals surface area contributed by atoms with Gasteiger partial charge in [-0.05, 0) is 37.4 Å². The number of Topliss-reactive ketones (excluding diaryl/α,β-unsaturated/α-hetero) is 1. The van der Waals surface area contributed by atoms with Crippen LogP contribution >= 0.6 is 0 Å². The van der Waals surface area contributed by atoms with Crippen molar-refractivity contribution in [2.24, 2.45) is 0 Å². The first-order valence-corrected chi connectivity index (χ1v) is 6.06. The van der Waals surface area contributed by atoms with Crippen LogP contribution in [0.3, 0.4) is 0 Å². The van der Waals surface area contributed by atoms with Gasteiger partial charge in [0.25, 0.3) is 0 Å². The molecular weight excluding hydrogens is 242 g/mol. The second-order valence-electron chi connectivity index (χ2n) is 4.46. The Morgan fingerprint density at radius 2 is 2.00 bits per heavy atom. The van der Waals surface area contributed by atoms with Crippen molar-refractivity contribution in [1.82, 2.24) is 4.90 Å². The monoisotopic (exact) mass is 259 g/mol. The molecule has 1 heterocycles. The van der Waals surface area contributed by atoms with Crippen molar-refractivity contribution in [3.63, 3.8) is 0 Å². The number of hydrogen-bond donors (Lipinski definition) is 0. The summed E-state index contributed by atoms with van der Waals surface area (Å²) >= 11 is 0. The number of nitrogens with zero attached hydrogens (tertiary/aromatic N) is 1. The van der Waals surface area contributed by atoms with Gasteiger partial charge in [-0.25, -0.2) is 0 Å². The van der Waals surface area contributed by atoms with Crippen LogP contribution in [-0.2, 0) is 6.54 Å². The molecule has 1 aromatic carbocycles. The van der Waals surface area contributed by atoms with Gasteiger partial charge >= 0.3 is 0 Å². The van der Waals surface area contributed by atoms with Crippen molar-refractivity contribution in [2.75, 3.05) is 20.7 Å². The van der Waals surface area contributed by atoms with Crippen LogP contribution in [0.25, 0.3) is 0 Å².